The molecule has 0 spiro atoms. The Kier molecular flexibility index (Phi) is 3.87. The first kappa shape index (κ1) is 13.4. The first-order valence-electron chi connectivity index (χ1n) is 7.65. The standard InChI is InChI=1S/C16H31N/c1-12(2)15-7-6-8-17(15)14-9-13(3)10-16(4,5)11-14/h12-15H,6-11H2,1-5H3. The molecule has 1 nitrogen and oxygen atoms in total. The smallest absolute Gasteiger partial charge is 0.0122 e. The molecular formula is C16H31N. The van der Waals surface area contributed by atoms with E-state index in [-0.39, 0.29) is 0 Å². The van der Waals surface area contributed by atoms with E-state index >= 15 is 0 Å². The average molecular weight is 237 g/mol. The average Bonchev–Trinajstić information content (AvgIpc) is 2.61. The highest BCUT2D eigenvalue weighted by Crippen LogP contribution is 2.42. The summed E-state index contributed by atoms with van der Waals surface area (Å²) in [5, 5.41) is 0. The molecule has 3 unspecified atom stereocenters. The van der Waals surface area contributed by atoms with Crippen molar-refractivity contribution in [3.05, 3.63) is 0 Å². The molecular weight excluding hydrogens is 206 g/mol. The summed E-state index contributed by atoms with van der Waals surface area (Å²) in [6.07, 6.45) is 7.13. The Morgan fingerprint density at radius 2 is 1.88 bits per heavy atom. The van der Waals surface area contributed by atoms with Crippen molar-refractivity contribution in [3.8, 4) is 0 Å². The van der Waals surface area contributed by atoms with Crippen LogP contribution in [0.4, 0.5) is 0 Å². The van der Waals surface area contributed by atoms with Crippen LogP contribution in [0.3, 0.4) is 0 Å². The van der Waals surface area contributed by atoms with Crippen LogP contribution in [0.5, 0.6) is 0 Å². The lowest BCUT2D eigenvalue weighted by Crippen LogP contribution is -2.47. The molecule has 2 rings (SSSR count). The van der Waals surface area contributed by atoms with Crippen LogP contribution < -0.4 is 0 Å². The van der Waals surface area contributed by atoms with Crippen LogP contribution in [0.2, 0.25) is 0 Å². The van der Waals surface area contributed by atoms with E-state index < -0.39 is 0 Å². The predicted molar refractivity (Wildman–Crippen MR) is 75.2 cm³/mol. The SMILES string of the molecule is CC1CC(N2CCCC2C(C)C)CC(C)(C)C1. The molecule has 0 bridgehead atoms. The Morgan fingerprint density at radius 1 is 1.18 bits per heavy atom. The van der Waals surface area contributed by atoms with Crippen LogP contribution in [-0.2, 0) is 0 Å². The maximum Gasteiger partial charge on any atom is 0.0122 e. The lowest BCUT2D eigenvalue weighted by molar-refractivity contribution is 0.0473. The number of rotatable bonds is 2. The maximum absolute atomic E-state index is 2.86. The Hall–Kier alpha value is -0.0400. The third-order valence-corrected chi connectivity index (χ3v) is 4.94. The van der Waals surface area contributed by atoms with Crippen molar-refractivity contribution in [1.29, 1.82) is 0 Å². The summed E-state index contributed by atoms with van der Waals surface area (Å²) >= 11 is 0. The van der Waals surface area contributed by atoms with Gasteiger partial charge in [-0.3, -0.25) is 4.90 Å². The molecule has 1 heterocycles. The van der Waals surface area contributed by atoms with Crippen molar-refractivity contribution in [3.63, 3.8) is 0 Å². The quantitative estimate of drug-likeness (QED) is 0.691. The Morgan fingerprint density at radius 3 is 2.47 bits per heavy atom. The van der Waals surface area contributed by atoms with Crippen LogP contribution in [0.1, 0.15) is 66.7 Å². The molecule has 1 aliphatic heterocycles. The molecule has 0 aromatic rings. The second-order valence-electron chi connectivity index (χ2n) is 7.76. The zero-order chi connectivity index (χ0) is 12.6. The zero-order valence-electron chi connectivity index (χ0n) is 12.5. The maximum atomic E-state index is 2.86. The minimum absolute atomic E-state index is 0.562. The Bertz CT molecular complexity index is 256. The molecule has 2 aliphatic rings. The summed E-state index contributed by atoms with van der Waals surface area (Å²) in [6, 6.07) is 1.73. The van der Waals surface area contributed by atoms with Crippen LogP contribution in [0.25, 0.3) is 0 Å². The van der Waals surface area contributed by atoms with E-state index in [9.17, 15) is 0 Å². The van der Waals surface area contributed by atoms with Gasteiger partial charge in [-0.15, -0.1) is 0 Å². The number of hydrogen-bond acceptors (Lipinski definition) is 1. The summed E-state index contributed by atoms with van der Waals surface area (Å²) in [6.45, 7) is 13.6. The fourth-order valence-electron chi connectivity index (χ4n) is 4.53. The summed E-state index contributed by atoms with van der Waals surface area (Å²) < 4.78 is 0. The molecule has 0 amide bonds. The van der Waals surface area contributed by atoms with Gasteiger partial charge in [0.2, 0.25) is 0 Å². The fourth-order valence-corrected chi connectivity index (χ4v) is 4.53. The van der Waals surface area contributed by atoms with Crippen molar-refractivity contribution in [1.82, 2.24) is 4.90 Å². The van der Waals surface area contributed by atoms with Crippen LogP contribution in [-0.4, -0.2) is 23.5 Å². The molecule has 0 radical (unpaired) electrons. The first-order valence-corrected chi connectivity index (χ1v) is 7.65. The zero-order valence-corrected chi connectivity index (χ0v) is 12.5. The van der Waals surface area contributed by atoms with Gasteiger partial charge in [-0.2, -0.15) is 0 Å². The van der Waals surface area contributed by atoms with E-state index in [0.717, 1.165) is 23.9 Å². The van der Waals surface area contributed by atoms with Gasteiger partial charge >= 0.3 is 0 Å². The van der Waals surface area contributed by atoms with E-state index in [4.69, 9.17) is 0 Å². The normalized spacial score (nSPS) is 38.8. The summed E-state index contributed by atoms with van der Waals surface area (Å²) in [5.41, 5.74) is 0.562. The topological polar surface area (TPSA) is 3.24 Å². The monoisotopic (exact) mass is 237 g/mol. The van der Waals surface area contributed by atoms with E-state index in [1.807, 2.05) is 0 Å². The Balaban J connectivity index is 2.06. The lowest BCUT2D eigenvalue weighted by atomic mass is 9.70. The fraction of sp³-hybridized carbons (Fsp3) is 1.00. The van der Waals surface area contributed by atoms with Gasteiger partial charge in [-0.25, -0.2) is 0 Å². The van der Waals surface area contributed by atoms with Gasteiger partial charge in [0, 0.05) is 12.1 Å². The van der Waals surface area contributed by atoms with E-state index in [0.29, 0.717) is 5.41 Å². The largest absolute Gasteiger partial charge is 0.297 e. The van der Waals surface area contributed by atoms with Crippen molar-refractivity contribution < 1.29 is 0 Å². The number of nitrogens with zero attached hydrogens (tertiary/aromatic N) is 1. The molecule has 1 saturated carbocycles. The number of likely N-dealkylation sites (tertiary alicyclic amines) is 1. The molecule has 0 N–H and O–H groups in total. The molecule has 1 aliphatic carbocycles. The van der Waals surface area contributed by atoms with E-state index in [1.165, 1.54) is 38.6 Å². The number of hydrogen-bond donors (Lipinski definition) is 0. The molecule has 1 heteroatoms. The predicted octanol–water partition coefficient (Wildman–Crippen LogP) is 4.32. The Labute approximate surface area is 108 Å². The summed E-state index contributed by atoms with van der Waals surface area (Å²) in [4.78, 5) is 2.86. The molecule has 17 heavy (non-hydrogen) atoms. The molecule has 2 fully saturated rings. The van der Waals surface area contributed by atoms with Gasteiger partial charge < -0.3 is 0 Å². The van der Waals surface area contributed by atoms with Crippen molar-refractivity contribution >= 4 is 0 Å². The first-order chi connectivity index (χ1) is 7.89. The van der Waals surface area contributed by atoms with E-state index in [1.54, 1.807) is 0 Å². The van der Waals surface area contributed by atoms with Gasteiger partial charge in [0.15, 0.2) is 0 Å². The van der Waals surface area contributed by atoms with Crippen LogP contribution in [0, 0.1) is 17.3 Å². The third-order valence-electron chi connectivity index (χ3n) is 4.94. The van der Waals surface area contributed by atoms with Gasteiger partial charge in [-0.1, -0.05) is 34.6 Å². The summed E-state index contributed by atoms with van der Waals surface area (Å²) in [5.74, 6) is 1.75. The lowest BCUT2D eigenvalue weighted by Gasteiger charge is -2.45. The third kappa shape index (κ3) is 3.05. The molecule has 100 valence electrons. The molecule has 1 saturated heterocycles. The summed E-state index contributed by atoms with van der Waals surface area (Å²) in [7, 11) is 0. The molecule has 0 aromatic heterocycles. The minimum atomic E-state index is 0.562. The van der Waals surface area contributed by atoms with Crippen molar-refractivity contribution in [2.24, 2.45) is 17.3 Å². The second kappa shape index (κ2) is 4.91. The second-order valence-corrected chi connectivity index (χ2v) is 7.76. The molecule has 0 aromatic carbocycles. The van der Waals surface area contributed by atoms with Gasteiger partial charge in [0.25, 0.3) is 0 Å². The van der Waals surface area contributed by atoms with Crippen LogP contribution in [0.15, 0.2) is 0 Å². The minimum Gasteiger partial charge on any atom is -0.297 e. The van der Waals surface area contributed by atoms with Crippen molar-refractivity contribution in [2.75, 3.05) is 6.54 Å². The van der Waals surface area contributed by atoms with Gasteiger partial charge in [0.1, 0.15) is 0 Å². The highest BCUT2D eigenvalue weighted by Gasteiger charge is 2.39. The van der Waals surface area contributed by atoms with Crippen LogP contribution >= 0.6 is 0 Å². The van der Waals surface area contributed by atoms with Gasteiger partial charge in [0.05, 0.1) is 0 Å². The van der Waals surface area contributed by atoms with Crippen molar-refractivity contribution in [2.45, 2.75) is 78.8 Å². The highest BCUT2D eigenvalue weighted by molar-refractivity contribution is 4.93. The van der Waals surface area contributed by atoms with E-state index in [2.05, 4.69) is 39.5 Å². The van der Waals surface area contributed by atoms with Gasteiger partial charge in [-0.05, 0) is 55.9 Å². The molecule has 3 atom stereocenters. The highest BCUT2D eigenvalue weighted by atomic mass is 15.2.